The van der Waals surface area contributed by atoms with Gasteiger partial charge in [-0.2, -0.15) is 0 Å². The van der Waals surface area contributed by atoms with Gasteiger partial charge in [-0.3, -0.25) is 9.59 Å². The van der Waals surface area contributed by atoms with Crippen molar-refractivity contribution in [3.05, 3.63) is 96.5 Å². The lowest BCUT2D eigenvalue weighted by Crippen LogP contribution is -2.18. The van der Waals surface area contributed by atoms with E-state index >= 15 is 0 Å². The highest BCUT2D eigenvalue weighted by Gasteiger charge is 2.45. The van der Waals surface area contributed by atoms with Crippen LogP contribution in [0, 0.1) is 50.4 Å². The smallest absolute Gasteiger partial charge is 0.306 e. The number of Topliss-reactive ketones (excluding diaryl/α,β-unsaturated/α-hetero) is 1. The van der Waals surface area contributed by atoms with Gasteiger partial charge in [0.05, 0.1) is 5.69 Å². The minimum Gasteiger partial charge on any atom is -0.461 e. The molecule has 6 rings (SSSR count). The summed E-state index contributed by atoms with van der Waals surface area (Å²) in [5.74, 6) is -0.0902. The van der Waals surface area contributed by atoms with Crippen molar-refractivity contribution in [3.8, 4) is 0 Å². The summed E-state index contributed by atoms with van der Waals surface area (Å²) in [4.78, 5) is 51.0. The molecule has 4 N–H and O–H groups in total. The van der Waals surface area contributed by atoms with E-state index in [1.165, 1.54) is 42.4 Å². The molecule has 3 aliphatic rings. The third-order valence-corrected chi connectivity index (χ3v) is 12.9. The minimum atomic E-state index is -0.941. The maximum atomic E-state index is 14.1. The van der Waals surface area contributed by atoms with Crippen molar-refractivity contribution in [2.75, 3.05) is 6.61 Å². The van der Waals surface area contributed by atoms with Crippen molar-refractivity contribution in [1.29, 1.82) is 0 Å². The van der Waals surface area contributed by atoms with E-state index in [9.17, 15) is 14.4 Å². The number of fused-ring (bicyclic) bond motifs is 7. The van der Waals surface area contributed by atoms with Gasteiger partial charge in [-0.25, -0.2) is 0 Å². The summed E-state index contributed by atoms with van der Waals surface area (Å²) >= 11 is 0. The Bertz CT molecular complexity index is 2270. The Morgan fingerprint density at radius 1 is 0.912 bits per heavy atom. The van der Waals surface area contributed by atoms with Gasteiger partial charge >= 0.3 is 5.97 Å². The van der Waals surface area contributed by atoms with E-state index in [0.717, 1.165) is 93.2 Å². The molecule has 8 heteroatoms. The normalized spacial score (nSPS) is 22.7. The average Bonchev–Trinajstić information content (AvgIpc) is 3.90. The lowest BCUT2D eigenvalue weighted by atomic mass is 9.85. The zero-order valence-corrected chi connectivity index (χ0v) is 35.8. The predicted octanol–water partition coefficient (Wildman–Crippen LogP) is 9.29. The molecule has 0 saturated carbocycles. The SMILES string of the molecule is C=Cc1c2[nH]c(c1C)/C=C1\N/C(=C3\c4[nH]c(c(C)c4C(=O)[C@@H]3C=O)/C=c3\[nH]/c(c(C)c3CC)=C\2)[C@@H](CCC(=O)OC/C=C(\C)CCC[C@H](C)CCCC(C)C)[C@@H]1C. The number of aromatic nitrogens is 3. The largest absolute Gasteiger partial charge is 0.461 e. The number of H-pyrrole nitrogens is 3. The van der Waals surface area contributed by atoms with E-state index in [2.05, 4.69) is 100 Å². The molecule has 5 heterocycles. The number of nitrogens with one attached hydrogen (secondary N) is 4. The maximum Gasteiger partial charge on any atom is 0.306 e. The first-order valence-corrected chi connectivity index (χ1v) is 21.3. The van der Waals surface area contributed by atoms with Crippen LogP contribution in [-0.2, 0) is 20.7 Å². The van der Waals surface area contributed by atoms with Crippen LogP contribution in [0.15, 0.2) is 29.6 Å². The number of ketones is 1. The van der Waals surface area contributed by atoms with E-state index < -0.39 is 5.92 Å². The molecule has 1 fully saturated rings. The minimum absolute atomic E-state index is 0.0401. The van der Waals surface area contributed by atoms with E-state index in [1.54, 1.807) is 0 Å². The lowest BCUT2D eigenvalue weighted by molar-refractivity contribution is -0.142. The lowest BCUT2D eigenvalue weighted by Gasteiger charge is -2.18. The molecule has 57 heavy (non-hydrogen) atoms. The molecule has 1 saturated heterocycles. The maximum absolute atomic E-state index is 14.1. The van der Waals surface area contributed by atoms with Crippen LogP contribution in [0.5, 0.6) is 0 Å². The molecule has 2 aliphatic heterocycles. The van der Waals surface area contributed by atoms with Gasteiger partial charge in [0.2, 0.25) is 0 Å². The third kappa shape index (κ3) is 8.56. The highest BCUT2D eigenvalue weighted by molar-refractivity contribution is 6.22. The molecular formula is C49H64N4O4. The molecule has 0 spiro atoms. The van der Waals surface area contributed by atoms with Crippen molar-refractivity contribution in [1.82, 2.24) is 20.3 Å². The van der Waals surface area contributed by atoms with Crippen LogP contribution < -0.4 is 16.0 Å². The van der Waals surface area contributed by atoms with Crippen molar-refractivity contribution in [2.45, 2.75) is 120 Å². The number of rotatable bonds is 16. The highest BCUT2D eigenvalue weighted by atomic mass is 16.5. The molecule has 4 atom stereocenters. The molecule has 1 aliphatic carbocycles. The molecule has 3 aromatic heterocycles. The molecule has 8 nitrogen and oxygen atoms in total. The zero-order chi connectivity index (χ0) is 41.1. The van der Waals surface area contributed by atoms with Crippen LogP contribution in [0.4, 0.5) is 0 Å². The number of ether oxygens (including phenoxy) is 1. The number of hydrogen-bond donors (Lipinski definition) is 4. The second-order valence-electron chi connectivity index (χ2n) is 17.3. The second kappa shape index (κ2) is 17.7. The summed E-state index contributed by atoms with van der Waals surface area (Å²) in [5, 5.41) is 5.69. The van der Waals surface area contributed by atoms with Crippen LogP contribution in [0.3, 0.4) is 0 Å². The predicted molar refractivity (Wildman–Crippen MR) is 233 cm³/mol. The third-order valence-electron chi connectivity index (χ3n) is 12.9. The quantitative estimate of drug-likeness (QED) is 0.0501. The Labute approximate surface area is 339 Å². The molecule has 304 valence electrons. The van der Waals surface area contributed by atoms with Crippen molar-refractivity contribution >= 4 is 47.9 Å². The number of allylic oxidation sites excluding steroid dienone is 4. The number of hydrogen-bond acceptors (Lipinski definition) is 5. The Morgan fingerprint density at radius 3 is 2.33 bits per heavy atom. The van der Waals surface area contributed by atoms with Gasteiger partial charge in [0.15, 0.2) is 5.78 Å². The summed E-state index contributed by atoms with van der Waals surface area (Å²) in [7, 11) is 0. The second-order valence-corrected chi connectivity index (χ2v) is 17.3. The zero-order valence-electron chi connectivity index (χ0n) is 35.8. The first-order valence-electron chi connectivity index (χ1n) is 21.3. The average molecular weight is 773 g/mol. The van der Waals surface area contributed by atoms with Crippen LogP contribution in [0.2, 0.25) is 0 Å². The topological polar surface area (TPSA) is 120 Å². The van der Waals surface area contributed by atoms with Gasteiger partial charge in [-0.15, -0.1) is 0 Å². The Kier molecular flexibility index (Phi) is 13.0. The Morgan fingerprint density at radius 2 is 1.63 bits per heavy atom. The van der Waals surface area contributed by atoms with Gasteiger partial charge in [0.25, 0.3) is 0 Å². The summed E-state index contributed by atoms with van der Waals surface area (Å²) < 4.78 is 5.75. The fraction of sp³-hybridized carbons (Fsp3) is 0.490. The highest BCUT2D eigenvalue weighted by Crippen LogP contribution is 2.47. The van der Waals surface area contributed by atoms with Crippen LogP contribution in [-0.4, -0.2) is 39.6 Å². The monoisotopic (exact) mass is 772 g/mol. The molecule has 0 radical (unpaired) electrons. The van der Waals surface area contributed by atoms with Gasteiger partial charge < -0.3 is 29.8 Å². The van der Waals surface area contributed by atoms with Gasteiger partial charge in [-0.05, 0) is 112 Å². The van der Waals surface area contributed by atoms with Crippen molar-refractivity contribution in [3.63, 3.8) is 0 Å². The van der Waals surface area contributed by atoms with Gasteiger partial charge in [-0.1, -0.05) is 78.5 Å². The fourth-order valence-electron chi connectivity index (χ4n) is 9.29. The first kappa shape index (κ1) is 41.8. The number of esters is 1. The number of carbonyl (C=O) groups excluding carboxylic acids is 3. The van der Waals surface area contributed by atoms with Crippen molar-refractivity contribution in [2.24, 2.45) is 29.6 Å². The molecular weight excluding hydrogens is 709 g/mol. The fourth-order valence-corrected chi connectivity index (χ4v) is 9.29. The summed E-state index contributed by atoms with van der Waals surface area (Å²) in [5.41, 5.74) is 13.0. The number of carbonyl (C=O) groups is 3. The molecule has 0 aromatic carbocycles. The molecule has 0 unspecified atom stereocenters. The first-order chi connectivity index (χ1) is 27.3. The standard InChI is InChI=1S/C49H64N4O4/c1-11-34-30(7)38-23-40-32(9)36(19-20-44(55)57-22-21-29(6)18-14-17-28(5)16-13-15-27(3)4)47(52-40)46-37(26-54)49(56)45-33(10)41(53-48(45)46)25-43-35(12-2)31(8)39(51-43)24-42(34)50-38/h11,21,23-28,32,36-37,50-53H,1,12-20,22H2,2-10H3/b29-21+,39-24-,40-23-,43-25-,47-46-/t28-,32+,36+,37-/m1/s1. The van der Waals surface area contributed by atoms with Crippen LogP contribution >= 0.6 is 0 Å². The summed E-state index contributed by atoms with van der Waals surface area (Å²) in [6.45, 7) is 23.9. The van der Waals surface area contributed by atoms with Crippen LogP contribution in [0.1, 0.15) is 154 Å². The Balaban J connectivity index is 1.30. The molecule has 8 bridgehead atoms. The summed E-state index contributed by atoms with van der Waals surface area (Å²) in [6, 6.07) is 0. The van der Waals surface area contributed by atoms with Crippen LogP contribution in [0.25, 0.3) is 29.9 Å². The van der Waals surface area contributed by atoms with Gasteiger partial charge in [0.1, 0.15) is 18.8 Å². The molecule has 3 aromatic rings. The Hall–Kier alpha value is -4.85. The van der Waals surface area contributed by atoms with E-state index in [-0.39, 0.29) is 36.6 Å². The van der Waals surface area contributed by atoms with E-state index in [1.807, 2.05) is 19.1 Å². The van der Waals surface area contributed by atoms with Gasteiger partial charge in [0, 0.05) is 74.1 Å². The number of aldehydes is 1. The van der Waals surface area contributed by atoms with Crippen molar-refractivity contribution < 1.29 is 19.1 Å². The number of aromatic amines is 3. The van der Waals surface area contributed by atoms with E-state index in [4.69, 9.17) is 4.74 Å². The molecule has 0 amide bonds. The van der Waals surface area contributed by atoms with E-state index in [0.29, 0.717) is 23.3 Å². The summed E-state index contributed by atoms with van der Waals surface area (Å²) in [6.07, 6.45) is 19.9.